The molecule has 4 aromatic rings. The molecule has 1 N–H and O–H groups in total. The standard InChI is InChI=1S/C29H26N4O4/c1-19-6-12-23(13-7-19)33-18-25(28(31-33)21-4-3-5-24(16-21)37-2)29(36)30-22-10-8-20(9-11-22)17-32-26(34)14-15-27(32)35/h3-13,16,18H,14-15,17H2,1-2H3,(H,30,36). The maximum atomic E-state index is 13.4. The normalized spacial score (nSPS) is 13.2. The fourth-order valence-corrected chi connectivity index (χ4v) is 4.23. The van der Waals surface area contributed by atoms with Crippen LogP contribution in [0.5, 0.6) is 5.75 Å². The molecule has 1 aliphatic rings. The number of nitrogens with zero attached hydrogens (tertiary/aromatic N) is 3. The molecular weight excluding hydrogens is 468 g/mol. The summed E-state index contributed by atoms with van der Waals surface area (Å²) in [5, 5.41) is 7.67. The number of aromatic nitrogens is 2. The van der Waals surface area contributed by atoms with E-state index in [4.69, 9.17) is 9.84 Å². The number of hydrogen-bond acceptors (Lipinski definition) is 5. The van der Waals surface area contributed by atoms with E-state index < -0.39 is 0 Å². The molecule has 0 aliphatic carbocycles. The van der Waals surface area contributed by atoms with Gasteiger partial charge in [0.15, 0.2) is 0 Å². The van der Waals surface area contributed by atoms with Gasteiger partial charge in [0, 0.05) is 30.3 Å². The molecule has 3 amide bonds. The second-order valence-electron chi connectivity index (χ2n) is 8.93. The monoisotopic (exact) mass is 494 g/mol. The Labute approximate surface area is 214 Å². The molecule has 1 saturated heterocycles. The number of likely N-dealkylation sites (tertiary alicyclic amines) is 1. The lowest BCUT2D eigenvalue weighted by molar-refractivity contribution is -0.139. The van der Waals surface area contributed by atoms with Crippen LogP contribution in [0.1, 0.15) is 34.3 Å². The highest BCUT2D eigenvalue weighted by atomic mass is 16.5. The van der Waals surface area contributed by atoms with Gasteiger partial charge >= 0.3 is 0 Å². The predicted octanol–water partition coefficient (Wildman–Crippen LogP) is 4.76. The highest BCUT2D eigenvalue weighted by Crippen LogP contribution is 2.28. The zero-order valence-corrected chi connectivity index (χ0v) is 20.6. The molecule has 0 saturated carbocycles. The van der Waals surface area contributed by atoms with Gasteiger partial charge in [0.1, 0.15) is 11.4 Å². The van der Waals surface area contributed by atoms with E-state index in [1.54, 1.807) is 42.3 Å². The fourth-order valence-electron chi connectivity index (χ4n) is 4.23. The summed E-state index contributed by atoms with van der Waals surface area (Å²) in [5.74, 6) is 0.0456. The van der Waals surface area contributed by atoms with E-state index in [1.165, 1.54) is 4.90 Å². The van der Waals surface area contributed by atoms with Gasteiger partial charge in [0.2, 0.25) is 11.8 Å². The van der Waals surface area contributed by atoms with Crippen molar-refractivity contribution in [1.82, 2.24) is 14.7 Å². The van der Waals surface area contributed by atoms with Gasteiger partial charge in [-0.25, -0.2) is 4.68 Å². The van der Waals surface area contributed by atoms with Crippen LogP contribution in [0.15, 0.2) is 79.0 Å². The molecule has 3 aromatic carbocycles. The Balaban J connectivity index is 1.41. The fraction of sp³-hybridized carbons (Fsp3) is 0.172. The Hall–Kier alpha value is -4.72. The minimum atomic E-state index is -0.311. The summed E-state index contributed by atoms with van der Waals surface area (Å²) in [6.07, 6.45) is 2.24. The third kappa shape index (κ3) is 5.13. The second kappa shape index (κ2) is 10.1. The number of hydrogen-bond donors (Lipinski definition) is 1. The van der Waals surface area contributed by atoms with Crippen molar-refractivity contribution in [3.63, 3.8) is 0 Å². The van der Waals surface area contributed by atoms with Crippen LogP contribution in [-0.4, -0.2) is 39.5 Å². The van der Waals surface area contributed by atoms with E-state index in [0.29, 0.717) is 22.7 Å². The van der Waals surface area contributed by atoms with Gasteiger partial charge in [0.25, 0.3) is 5.91 Å². The maximum Gasteiger partial charge on any atom is 0.259 e. The number of anilines is 1. The van der Waals surface area contributed by atoms with Crippen molar-refractivity contribution in [2.24, 2.45) is 0 Å². The van der Waals surface area contributed by atoms with Gasteiger partial charge in [-0.1, -0.05) is 42.0 Å². The second-order valence-corrected chi connectivity index (χ2v) is 8.93. The molecule has 0 unspecified atom stereocenters. The van der Waals surface area contributed by atoms with Gasteiger partial charge in [-0.3, -0.25) is 19.3 Å². The summed E-state index contributed by atoms with van der Waals surface area (Å²) >= 11 is 0. The van der Waals surface area contributed by atoms with E-state index in [1.807, 2.05) is 55.5 Å². The van der Waals surface area contributed by atoms with Crippen molar-refractivity contribution < 1.29 is 19.1 Å². The first-order chi connectivity index (χ1) is 17.9. The number of amides is 3. The number of benzene rings is 3. The number of carbonyl (C=O) groups is 3. The Bertz CT molecular complexity index is 1460. The zero-order valence-electron chi connectivity index (χ0n) is 20.6. The zero-order chi connectivity index (χ0) is 25.9. The summed E-state index contributed by atoms with van der Waals surface area (Å²) in [7, 11) is 1.59. The minimum absolute atomic E-state index is 0.155. The molecular formula is C29H26N4O4. The molecule has 1 aromatic heterocycles. The van der Waals surface area contributed by atoms with E-state index >= 15 is 0 Å². The quantitative estimate of drug-likeness (QED) is 0.374. The summed E-state index contributed by atoms with van der Waals surface area (Å²) in [5.41, 5.74) is 5.06. The Morgan fingerprint density at radius 1 is 0.973 bits per heavy atom. The van der Waals surface area contributed by atoms with Crippen LogP contribution in [0, 0.1) is 6.92 Å². The molecule has 8 nitrogen and oxygen atoms in total. The lowest BCUT2D eigenvalue weighted by Crippen LogP contribution is -2.28. The SMILES string of the molecule is COc1cccc(-c2nn(-c3ccc(C)cc3)cc2C(=O)Nc2ccc(CN3C(=O)CCC3=O)cc2)c1. The first-order valence-electron chi connectivity index (χ1n) is 12.0. The highest BCUT2D eigenvalue weighted by molar-refractivity contribution is 6.08. The van der Waals surface area contributed by atoms with Crippen molar-refractivity contribution in [2.75, 3.05) is 12.4 Å². The number of nitrogens with one attached hydrogen (secondary N) is 1. The van der Waals surface area contributed by atoms with Gasteiger partial charge in [-0.15, -0.1) is 0 Å². The number of carbonyl (C=O) groups excluding carboxylic acids is 3. The van der Waals surface area contributed by atoms with Crippen LogP contribution in [0.2, 0.25) is 0 Å². The average Bonchev–Trinajstić information content (AvgIpc) is 3.50. The van der Waals surface area contributed by atoms with E-state index in [-0.39, 0.29) is 37.1 Å². The predicted molar refractivity (Wildman–Crippen MR) is 139 cm³/mol. The minimum Gasteiger partial charge on any atom is -0.497 e. The topological polar surface area (TPSA) is 93.5 Å². The Morgan fingerprint density at radius 3 is 2.35 bits per heavy atom. The van der Waals surface area contributed by atoms with Gasteiger partial charge < -0.3 is 10.1 Å². The van der Waals surface area contributed by atoms with Gasteiger partial charge in [0.05, 0.1) is 24.9 Å². The lowest BCUT2D eigenvalue weighted by atomic mass is 10.1. The Kier molecular flexibility index (Phi) is 6.55. The maximum absolute atomic E-state index is 13.4. The largest absolute Gasteiger partial charge is 0.497 e. The van der Waals surface area contributed by atoms with Gasteiger partial charge in [-0.2, -0.15) is 5.10 Å². The summed E-state index contributed by atoms with van der Waals surface area (Å²) in [6, 6.07) is 22.4. The van der Waals surface area contributed by atoms with Crippen LogP contribution in [0.4, 0.5) is 5.69 Å². The van der Waals surface area contributed by atoms with Crippen molar-refractivity contribution in [3.8, 4) is 22.7 Å². The smallest absolute Gasteiger partial charge is 0.259 e. The molecule has 1 aliphatic heterocycles. The van der Waals surface area contributed by atoms with Crippen LogP contribution in [0.25, 0.3) is 16.9 Å². The lowest BCUT2D eigenvalue weighted by Gasteiger charge is -2.14. The van der Waals surface area contributed by atoms with Crippen molar-refractivity contribution in [3.05, 3.63) is 95.7 Å². The van der Waals surface area contributed by atoms with Gasteiger partial charge in [-0.05, 0) is 48.9 Å². The van der Waals surface area contributed by atoms with Crippen molar-refractivity contribution >= 4 is 23.4 Å². The molecule has 0 spiro atoms. The average molecular weight is 495 g/mol. The number of methoxy groups -OCH3 is 1. The third-order valence-corrected chi connectivity index (χ3v) is 6.31. The first kappa shape index (κ1) is 24.0. The van der Waals surface area contributed by atoms with Crippen molar-refractivity contribution in [1.29, 1.82) is 0 Å². The van der Waals surface area contributed by atoms with E-state index in [2.05, 4.69) is 5.32 Å². The first-order valence-corrected chi connectivity index (χ1v) is 12.0. The molecule has 37 heavy (non-hydrogen) atoms. The van der Waals surface area contributed by atoms with E-state index in [9.17, 15) is 14.4 Å². The summed E-state index contributed by atoms with van der Waals surface area (Å²) in [6.45, 7) is 2.24. The highest BCUT2D eigenvalue weighted by Gasteiger charge is 2.28. The molecule has 2 heterocycles. The van der Waals surface area contributed by atoms with E-state index in [0.717, 1.165) is 22.4 Å². The van der Waals surface area contributed by atoms with Crippen LogP contribution < -0.4 is 10.1 Å². The number of aryl methyl sites for hydroxylation is 1. The molecule has 5 rings (SSSR count). The number of ether oxygens (including phenoxy) is 1. The molecule has 0 atom stereocenters. The summed E-state index contributed by atoms with van der Waals surface area (Å²) in [4.78, 5) is 38.5. The number of imide groups is 1. The Morgan fingerprint density at radius 2 is 1.68 bits per heavy atom. The third-order valence-electron chi connectivity index (χ3n) is 6.31. The molecule has 0 radical (unpaired) electrons. The van der Waals surface area contributed by atoms with Crippen LogP contribution in [-0.2, 0) is 16.1 Å². The van der Waals surface area contributed by atoms with Crippen LogP contribution >= 0.6 is 0 Å². The van der Waals surface area contributed by atoms with Crippen LogP contribution in [0.3, 0.4) is 0 Å². The molecule has 186 valence electrons. The molecule has 0 bridgehead atoms. The molecule has 1 fully saturated rings. The number of rotatable bonds is 7. The van der Waals surface area contributed by atoms with Crippen molar-refractivity contribution in [2.45, 2.75) is 26.3 Å². The molecule has 8 heteroatoms. The summed E-state index contributed by atoms with van der Waals surface area (Å²) < 4.78 is 7.06.